The van der Waals surface area contributed by atoms with Gasteiger partial charge in [-0.15, -0.1) is 0 Å². The highest BCUT2D eigenvalue weighted by Crippen LogP contribution is 2.30. The molecule has 1 aliphatic heterocycles. The SMILES string of the molecule is COc1cccc(CC2(C(=O)NC(CC(C)C)B(O)O)CC(CNC(=O)c3cc(C)nn3C(C)C)=NO2)c1. The van der Waals surface area contributed by atoms with Gasteiger partial charge in [-0.05, 0) is 56.9 Å². The zero-order chi connectivity index (χ0) is 28.0. The van der Waals surface area contributed by atoms with Gasteiger partial charge in [0.2, 0.25) is 5.60 Å². The van der Waals surface area contributed by atoms with Crippen LogP contribution in [-0.4, -0.2) is 69.7 Å². The Bertz CT molecular complexity index is 1160. The van der Waals surface area contributed by atoms with Gasteiger partial charge in [-0.3, -0.25) is 14.3 Å². The second-order valence-corrected chi connectivity index (χ2v) is 10.5. The van der Waals surface area contributed by atoms with E-state index < -0.39 is 24.6 Å². The molecule has 0 spiro atoms. The van der Waals surface area contributed by atoms with Crippen LogP contribution in [0.15, 0.2) is 35.5 Å². The van der Waals surface area contributed by atoms with Crippen molar-refractivity contribution in [1.29, 1.82) is 0 Å². The molecule has 0 saturated heterocycles. The van der Waals surface area contributed by atoms with Crippen LogP contribution in [0.25, 0.3) is 0 Å². The average Bonchev–Trinajstić information content (AvgIpc) is 3.46. The maximum atomic E-state index is 13.6. The highest BCUT2D eigenvalue weighted by molar-refractivity contribution is 6.43. The Morgan fingerprint density at radius 3 is 2.61 bits per heavy atom. The number of ether oxygens (including phenoxy) is 1. The van der Waals surface area contributed by atoms with Crippen molar-refractivity contribution in [1.82, 2.24) is 20.4 Å². The van der Waals surface area contributed by atoms with Crippen LogP contribution in [0, 0.1) is 12.8 Å². The molecule has 0 bridgehead atoms. The molecule has 2 heterocycles. The van der Waals surface area contributed by atoms with E-state index in [4.69, 9.17) is 9.57 Å². The Hall–Kier alpha value is -3.38. The Morgan fingerprint density at radius 2 is 1.97 bits per heavy atom. The largest absolute Gasteiger partial charge is 0.497 e. The van der Waals surface area contributed by atoms with Gasteiger partial charge in [0.05, 0.1) is 31.0 Å². The van der Waals surface area contributed by atoms with Crippen molar-refractivity contribution >= 4 is 24.6 Å². The van der Waals surface area contributed by atoms with Gasteiger partial charge in [0, 0.05) is 18.9 Å². The van der Waals surface area contributed by atoms with E-state index in [0.29, 0.717) is 23.6 Å². The number of rotatable bonds is 12. The molecule has 0 fully saturated rings. The summed E-state index contributed by atoms with van der Waals surface area (Å²) >= 11 is 0. The van der Waals surface area contributed by atoms with Gasteiger partial charge >= 0.3 is 7.12 Å². The molecule has 4 N–H and O–H groups in total. The predicted octanol–water partition coefficient (Wildman–Crippen LogP) is 1.81. The Kier molecular flexibility index (Phi) is 9.56. The smallest absolute Gasteiger partial charge is 0.475 e. The van der Waals surface area contributed by atoms with Crippen molar-refractivity contribution in [3.05, 3.63) is 47.3 Å². The zero-order valence-electron chi connectivity index (χ0n) is 22.9. The minimum Gasteiger partial charge on any atom is -0.497 e. The van der Waals surface area contributed by atoms with Crippen molar-refractivity contribution in [2.24, 2.45) is 11.1 Å². The summed E-state index contributed by atoms with van der Waals surface area (Å²) in [5, 5.41) is 33.9. The summed E-state index contributed by atoms with van der Waals surface area (Å²) in [6, 6.07) is 9.00. The van der Waals surface area contributed by atoms with Crippen molar-refractivity contribution in [2.45, 2.75) is 71.5 Å². The summed E-state index contributed by atoms with van der Waals surface area (Å²) in [7, 11) is -0.172. The number of benzene rings is 1. The van der Waals surface area contributed by atoms with Crippen LogP contribution >= 0.6 is 0 Å². The fraction of sp³-hybridized carbons (Fsp3) is 0.538. The van der Waals surface area contributed by atoms with Crippen molar-refractivity contribution < 1.29 is 29.2 Å². The lowest BCUT2D eigenvalue weighted by atomic mass is 9.74. The van der Waals surface area contributed by atoms with Crippen LogP contribution in [0.1, 0.15) is 68.3 Å². The second-order valence-electron chi connectivity index (χ2n) is 10.5. The van der Waals surface area contributed by atoms with E-state index in [1.54, 1.807) is 30.0 Å². The summed E-state index contributed by atoms with van der Waals surface area (Å²) in [5.74, 6) is -0.956. The summed E-state index contributed by atoms with van der Waals surface area (Å²) < 4.78 is 6.98. The quantitative estimate of drug-likeness (QED) is 0.308. The van der Waals surface area contributed by atoms with Gasteiger partial charge in [0.25, 0.3) is 11.8 Å². The third-order valence-electron chi connectivity index (χ3n) is 6.31. The lowest BCUT2D eigenvalue weighted by Crippen LogP contribution is -2.56. The molecule has 0 radical (unpaired) electrons. The number of carbonyl (C=O) groups is 2. The monoisotopic (exact) mass is 527 g/mol. The van der Waals surface area contributed by atoms with Crippen LogP contribution < -0.4 is 15.4 Å². The number of nitrogens with one attached hydrogen (secondary N) is 2. The number of aromatic nitrogens is 2. The molecule has 2 unspecified atom stereocenters. The lowest BCUT2D eigenvalue weighted by Gasteiger charge is -2.29. The molecule has 0 aliphatic carbocycles. The first-order valence-electron chi connectivity index (χ1n) is 12.8. The molecular weight excluding hydrogens is 489 g/mol. The Morgan fingerprint density at radius 1 is 1.24 bits per heavy atom. The van der Waals surface area contributed by atoms with E-state index in [1.807, 2.05) is 46.8 Å². The first-order chi connectivity index (χ1) is 17.9. The van der Waals surface area contributed by atoms with E-state index in [2.05, 4.69) is 20.9 Å². The normalized spacial score (nSPS) is 17.7. The first-order valence-corrected chi connectivity index (χ1v) is 12.8. The summed E-state index contributed by atoms with van der Waals surface area (Å²) in [5.41, 5.74) is 0.995. The molecule has 38 heavy (non-hydrogen) atoms. The molecule has 2 amide bonds. The van der Waals surface area contributed by atoms with Gasteiger partial charge in [-0.1, -0.05) is 31.1 Å². The van der Waals surface area contributed by atoms with Gasteiger partial charge in [0.15, 0.2) is 0 Å². The van der Waals surface area contributed by atoms with Crippen LogP contribution in [0.4, 0.5) is 0 Å². The zero-order valence-corrected chi connectivity index (χ0v) is 22.9. The molecule has 2 atom stereocenters. The summed E-state index contributed by atoms with van der Waals surface area (Å²) in [6.07, 6.45) is 0.631. The molecule has 1 aliphatic rings. The van der Waals surface area contributed by atoms with E-state index in [9.17, 15) is 19.6 Å². The molecule has 11 nitrogen and oxygen atoms in total. The number of nitrogens with zero attached hydrogens (tertiary/aromatic N) is 3. The number of hydrogen-bond donors (Lipinski definition) is 4. The molecule has 1 aromatic heterocycles. The molecule has 3 rings (SSSR count). The van der Waals surface area contributed by atoms with E-state index >= 15 is 0 Å². The number of carbonyl (C=O) groups excluding carboxylic acids is 2. The third-order valence-corrected chi connectivity index (χ3v) is 6.31. The summed E-state index contributed by atoms with van der Waals surface area (Å²) in [4.78, 5) is 32.3. The van der Waals surface area contributed by atoms with Gasteiger partial charge in [0.1, 0.15) is 11.4 Å². The molecular formula is C26H38BN5O6. The third kappa shape index (κ3) is 7.14. The van der Waals surface area contributed by atoms with Crippen LogP contribution in [0.3, 0.4) is 0 Å². The van der Waals surface area contributed by atoms with Crippen LogP contribution in [0.2, 0.25) is 0 Å². The number of hydrogen-bond acceptors (Lipinski definition) is 8. The van der Waals surface area contributed by atoms with E-state index in [-0.39, 0.29) is 37.3 Å². The Balaban J connectivity index is 1.78. The van der Waals surface area contributed by atoms with Crippen molar-refractivity contribution in [3.8, 4) is 5.75 Å². The fourth-order valence-electron chi connectivity index (χ4n) is 4.47. The van der Waals surface area contributed by atoms with Crippen molar-refractivity contribution in [3.63, 3.8) is 0 Å². The number of oxime groups is 1. The molecule has 0 saturated carbocycles. The fourth-order valence-corrected chi connectivity index (χ4v) is 4.47. The number of methoxy groups -OCH3 is 1. The van der Waals surface area contributed by atoms with E-state index in [1.165, 1.54) is 0 Å². The topological polar surface area (TPSA) is 147 Å². The standard InChI is InChI=1S/C26H38BN5O6/c1-16(2)10-23(27(35)36)29-25(34)26(13-19-8-7-9-21(12-19)37-6)14-20(31-38-26)15-28-24(33)22-11-18(5)30-32(22)17(3)4/h7-9,11-12,16-17,23,35-36H,10,13-15H2,1-6H3,(H,28,33)(H,29,34). The van der Waals surface area contributed by atoms with Gasteiger partial charge in [-0.2, -0.15) is 5.10 Å². The highest BCUT2D eigenvalue weighted by atomic mass is 16.7. The second kappa shape index (κ2) is 12.4. The average molecular weight is 527 g/mol. The summed E-state index contributed by atoms with van der Waals surface area (Å²) in [6.45, 7) is 9.64. The maximum absolute atomic E-state index is 13.6. The maximum Gasteiger partial charge on any atom is 0.475 e. The number of aryl methyl sites for hydroxylation is 1. The predicted molar refractivity (Wildman–Crippen MR) is 144 cm³/mol. The first kappa shape index (κ1) is 29.2. The van der Waals surface area contributed by atoms with Gasteiger partial charge < -0.3 is 30.3 Å². The number of amides is 2. The molecule has 206 valence electrons. The minimum absolute atomic E-state index is 0.0106. The Labute approximate surface area is 223 Å². The van der Waals surface area contributed by atoms with Crippen LogP contribution in [0.5, 0.6) is 5.75 Å². The van der Waals surface area contributed by atoms with E-state index in [0.717, 1.165) is 11.3 Å². The highest BCUT2D eigenvalue weighted by Gasteiger charge is 2.48. The molecule has 12 heteroatoms. The molecule has 2 aromatic rings. The lowest BCUT2D eigenvalue weighted by molar-refractivity contribution is -0.144. The molecule has 1 aromatic carbocycles. The van der Waals surface area contributed by atoms with Gasteiger partial charge in [-0.25, -0.2) is 0 Å². The van der Waals surface area contributed by atoms with Crippen molar-refractivity contribution in [2.75, 3.05) is 13.7 Å². The van der Waals surface area contributed by atoms with Crippen LogP contribution in [-0.2, 0) is 16.1 Å². The minimum atomic E-state index is -1.73.